The first-order chi connectivity index (χ1) is 13.7. The van der Waals surface area contributed by atoms with Gasteiger partial charge in [0.25, 0.3) is 5.56 Å². The van der Waals surface area contributed by atoms with Crippen LogP contribution in [0.15, 0.2) is 80.2 Å². The highest BCUT2D eigenvalue weighted by Crippen LogP contribution is 2.35. The molecule has 1 aromatic heterocycles. The van der Waals surface area contributed by atoms with Gasteiger partial charge < -0.3 is 0 Å². The first kappa shape index (κ1) is 16.9. The van der Waals surface area contributed by atoms with Crippen LogP contribution >= 0.6 is 0 Å². The molecule has 140 valence electrons. The van der Waals surface area contributed by atoms with Crippen molar-refractivity contribution >= 4 is 0 Å². The Balaban J connectivity index is 1.82. The fourth-order valence-corrected chi connectivity index (χ4v) is 4.32. The number of H-pyrrole nitrogens is 1. The van der Waals surface area contributed by atoms with E-state index in [4.69, 9.17) is 9.98 Å². The fraction of sp³-hybridized carbons (Fsp3) is 0.273. The number of nitrogens with zero attached hydrogens (tertiary/aromatic N) is 3. The van der Waals surface area contributed by atoms with E-state index in [9.17, 15) is 9.59 Å². The number of hydrogen-bond donors (Lipinski definition) is 1. The highest BCUT2D eigenvalue weighted by molar-refractivity contribution is 5.39. The Hall–Kier alpha value is -3.28. The number of hydrogen-bond acceptors (Lipinski definition) is 4. The van der Waals surface area contributed by atoms with Crippen LogP contribution in [0.1, 0.15) is 42.9 Å². The van der Waals surface area contributed by atoms with E-state index in [2.05, 4.69) is 4.98 Å². The molecule has 28 heavy (non-hydrogen) atoms. The average molecular weight is 372 g/mol. The van der Waals surface area contributed by atoms with Crippen LogP contribution in [-0.4, -0.2) is 9.55 Å². The van der Waals surface area contributed by atoms with Crippen LogP contribution in [0.5, 0.6) is 0 Å². The third kappa shape index (κ3) is 2.48. The summed E-state index contributed by atoms with van der Waals surface area (Å²) in [5.74, 6) is 0. The monoisotopic (exact) mass is 372 g/mol. The topological polar surface area (TPSA) is 79.6 Å². The quantitative estimate of drug-likeness (QED) is 0.761. The molecule has 0 amide bonds. The van der Waals surface area contributed by atoms with E-state index in [1.165, 1.54) is 4.57 Å². The van der Waals surface area contributed by atoms with E-state index in [1.54, 1.807) is 0 Å². The normalized spacial score (nSPS) is 17.7. The Morgan fingerprint density at radius 1 is 0.857 bits per heavy atom. The number of rotatable bonds is 3. The van der Waals surface area contributed by atoms with Gasteiger partial charge in [0.05, 0.1) is 0 Å². The van der Waals surface area contributed by atoms with E-state index in [1.807, 2.05) is 60.7 Å². The minimum Gasteiger partial charge on any atom is -0.290 e. The standard InChI is InChI=1S/C22H20N4O2/c27-20-18-19(23-21(28)26(20)17-13-7-8-14-17)25-22(24-18,15-9-3-1-4-10-15)16-11-5-2-6-12-16/h1-6,9-12,17H,7-8,13-14H2,(H,23,25,28). The van der Waals surface area contributed by atoms with Crippen LogP contribution in [0.4, 0.5) is 0 Å². The van der Waals surface area contributed by atoms with E-state index >= 15 is 0 Å². The lowest BCUT2D eigenvalue weighted by Crippen LogP contribution is -2.53. The maximum Gasteiger partial charge on any atom is 0.330 e. The van der Waals surface area contributed by atoms with Gasteiger partial charge in [-0.05, 0) is 12.8 Å². The van der Waals surface area contributed by atoms with Crippen molar-refractivity contribution < 1.29 is 0 Å². The number of aromatic amines is 1. The van der Waals surface area contributed by atoms with Crippen molar-refractivity contribution in [2.45, 2.75) is 37.4 Å². The molecule has 0 atom stereocenters. The number of fused-ring (bicyclic) bond motifs is 1. The van der Waals surface area contributed by atoms with Crippen molar-refractivity contribution in [2.75, 3.05) is 0 Å². The summed E-state index contributed by atoms with van der Waals surface area (Å²) in [6, 6.07) is 19.3. The van der Waals surface area contributed by atoms with Crippen molar-refractivity contribution in [1.82, 2.24) is 9.55 Å². The van der Waals surface area contributed by atoms with Crippen LogP contribution < -0.4 is 22.1 Å². The summed E-state index contributed by atoms with van der Waals surface area (Å²) in [5.41, 5.74) is 0.156. The lowest BCUT2D eigenvalue weighted by molar-refractivity contribution is 0.473. The van der Waals surface area contributed by atoms with Crippen LogP contribution in [0, 0.1) is 0 Å². The molecule has 1 saturated carbocycles. The molecular weight excluding hydrogens is 352 g/mol. The summed E-state index contributed by atoms with van der Waals surface area (Å²) in [6.07, 6.45) is 3.77. The Morgan fingerprint density at radius 3 is 2.00 bits per heavy atom. The van der Waals surface area contributed by atoms with Gasteiger partial charge >= 0.3 is 5.69 Å². The molecule has 0 bridgehead atoms. The van der Waals surface area contributed by atoms with Crippen LogP contribution in [0.3, 0.4) is 0 Å². The summed E-state index contributed by atoms with van der Waals surface area (Å²) in [4.78, 5) is 38.3. The van der Waals surface area contributed by atoms with Crippen molar-refractivity contribution in [2.24, 2.45) is 9.98 Å². The van der Waals surface area contributed by atoms with Gasteiger partial charge in [-0.2, -0.15) is 0 Å². The zero-order chi connectivity index (χ0) is 19.1. The molecule has 1 aliphatic heterocycles. The third-order valence-corrected chi connectivity index (χ3v) is 5.68. The molecule has 0 saturated heterocycles. The van der Waals surface area contributed by atoms with E-state index < -0.39 is 11.4 Å². The molecule has 1 N–H and O–H groups in total. The lowest BCUT2D eigenvalue weighted by atomic mass is 9.92. The molecule has 2 heterocycles. The Bertz CT molecular complexity index is 1210. The van der Waals surface area contributed by atoms with Crippen LogP contribution in [0.2, 0.25) is 0 Å². The van der Waals surface area contributed by atoms with Crippen molar-refractivity contribution in [3.63, 3.8) is 0 Å². The second-order valence-electron chi connectivity index (χ2n) is 7.37. The van der Waals surface area contributed by atoms with Gasteiger partial charge in [-0.25, -0.2) is 14.8 Å². The predicted octanol–water partition coefficient (Wildman–Crippen LogP) is 1.81. The van der Waals surface area contributed by atoms with Crippen LogP contribution in [-0.2, 0) is 5.66 Å². The maximum atomic E-state index is 13.2. The first-order valence-corrected chi connectivity index (χ1v) is 9.65. The summed E-state index contributed by atoms with van der Waals surface area (Å²) in [6.45, 7) is 0. The van der Waals surface area contributed by atoms with E-state index in [-0.39, 0.29) is 22.4 Å². The van der Waals surface area contributed by atoms with Crippen molar-refractivity contribution in [3.8, 4) is 0 Å². The molecule has 0 radical (unpaired) electrons. The van der Waals surface area contributed by atoms with Crippen molar-refractivity contribution in [1.29, 1.82) is 0 Å². The molecule has 2 aromatic carbocycles. The van der Waals surface area contributed by atoms with Gasteiger partial charge in [0.1, 0.15) is 0 Å². The Kier molecular flexibility index (Phi) is 3.86. The van der Waals surface area contributed by atoms with Gasteiger partial charge in [-0.15, -0.1) is 0 Å². The zero-order valence-corrected chi connectivity index (χ0v) is 15.3. The molecule has 1 fully saturated rings. The minimum atomic E-state index is -1.07. The van der Waals surface area contributed by atoms with E-state index in [0.717, 1.165) is 36.8 Å². The summed E-state index contributed by atoms with van der Waals surface area (Å²) in [5, 5.41) is 0.235. The largest absolute Gasteiger partial charge is 0.330 e. The molecule has 0 spiro atoms. The molecule has 0 unspecified atom stereocenters. The minimum absolute atomic E-state index is 0.0554. The highest BCUT2D eigenvalue weighted by atomic mass is 16.2. The summed E-state index contributed by atoms with van der Waals surface area (Å²) >= 11 is 0. The van der Waals surface area contributed by atoms with Gasteiger partial charge in [-0.3, -0.25) is 14.3 Å². The van der Waals surface area contributed by atoms with E-state index in [0.29, 0.717) is 0 Å². The number of aromatic nitrogens is 2. The second kappa shape index (κ2) is 6.41. The first-order valence-electron chi connectivity index (χ1n) is 9.65. The zero-order valence-electron chi connectivity index (χ0n) is 15.3. The SMILES string of the molecule is O=c1[nH]c2c(c(=O)n1C1CCCC1)=NC(c1ccccc1)(c1ccccc1)N=2. The van der Waals surface area contributed by atoms with Gasteiger partial charge in [0, 0.05) is 17.2 Å². The predicted molar refractivity (Wildman–Crippen MR) is 105 cm³/mol. The smallest absolute Gasteiger partial charge is 0.290 e. The summed E-state index contributed by atoms with van der Waals surface area (Å²) < 4.78 is 1.34. The molecule has 1 aliphatic carbocycles. The number of nitrogens with one attached hydrogen (secondary N) is 1. The Labute approximate surface area is 160 Å². The molecule has 6 heteroatoms. The van der Waals surface area contributed by atoms with Gasteiger partial charge in [0.2, 0.25) is 5.66 Å². The van der Waals surface area contributed by atoms with Crippen LogP contribution in [0.25, 0.3) is 0 Å². The molecule has 3 aromatic rings. The molecular formula is C22H20N4O2. The highest BCUT2D eigenvalue weighted by Gasteiger charge is 2.37. The number of benzene rings is 2. The maximum absolute atomic E-state index is 13.2. The van der Waals surface area contributed by atoms with Crippen molar-refractivity contribution in [3.05, 3.63) is 103 Å². The molecule has 2 aliphatic rings. The second-order valence-corrected chi connectivity index (χ2v) is 7.37. The third-order valence-electron chi connectivity index (χ3n) is 5.68. The summed E-state index contributed by atoms with van der Waals surface area (Å²) in [7, 11) is 0. The Morgan fingerprint density at radius 2 is 1.43 bits per heavy atom. The lowest BCUT2D eigenvalue weighted by Gasteiger charge is -2.24. The fourth-order valence-electron chi connectivity index (χ4n) is 4.32. The average Bonchev–Trinajstić information content (AvgIpc) is 3.38. The molecule has 6 nitrogen and oxygen atoms in total. The van der Waals surface area contributed by atoms with Gasteiger partial charge in [0.15, 0.2) is 10.8 Å². The molecule has 5 rings (SSSR count). The van der Waals surface area contributed by atoms with Gasteiger partial charge in [-0.1, -0.05) is 73.5 Å².